The fourth-order valence-corrected chi connectivity index (χ4v) is 5.06. The molecule has 2 atom stereocenters. The molecular formula is C29H28BN3O4. The van der Waals surface area contributed by atoms with Gasteiger partial charge in [0.15, 0.2) is 0 Å². The van der Waals surface area contributed by atoms with Crippen molar-refractivity contribution >= 4 is 36.3 Å². The fourth-order valence-electron chi connectivity index (χ4n) is 5.06. The van der Waals surface area contributed by atoms with Crippen molar-refractivity contribution in [3.8, 4) is 11.1 Å². The summed E-state index contributed by atoms with van der Waals surface area (Å²) in [5, 5.41) is 16.1. The summed E-state index contributed by atoms with van der Waals surface area (Å²) in [6.45, 7) is 2.01. The zero-order chi connectivity index (χ0) is 26.1. The van der Waals surface area contributed by atoms with Crippen molar-refractivity contribution in [1.82, 2.24) is 9.99 Å². The number of amides is 1. The number of carboxylic acid groups (broad SMARTS) is 1. The number of benzene rings is 2. The van der Waals surface area contributed by atoms with Crippen molar-refractivity contribution < 1.29 is 14.7 Å². The Bertz CT molecular complexity index is 1540. The highest BCUT2D eigenvalue weighted by molar-refractivity contribution is 6.14. The Labute approximate surface area is 215 Å². The first kappa shape index (κ1) is 24.5. The van der Waals surface area contributed by atoms with Crippen LogP contribution in [0.5, 0.6) is 0 Å². The van der Waals surface area contributed by atoms with Gasteiger partial charge in [0.25, 0.3) is 5.56 Å². The average Bonchev–Trinajstić information content (AvgIpc) is 3.32. The van der Waals surface area contributed by atoms with Crippen LogP contribution < -0.4 is 5.56 Å². The second-order valence-corrected chi connectivity index (χ2v) is 9.79. The van der Waals surface area contributed by atoms with Crippen LogP contribution in [0.15, 0.2) is 82.2 Å². The Hall–Kier alpha value is -4.20. The number of hydrogen-bond donors (Lipinski definition) is 2. The molecule has 0 saturated heterocycles. The number of pyridine rings is 1. The number of rotatable bonds is 6. The molecule has 2 heterocycles. The lowest BCUT2D eigenvalue weighted by Gasteiger charge is -2.25. The number of aromatic nitrogens is 1. The predicted octanol–water partition coefficient (Wildman–Crippen LogP) is 3.98. The van der Waals surface area contributed by atoms with Crippen molar-refractivity contribution in [3.05, 3.63) is 93.8 Å². The number of allylic oxidation sites excluding steroid dienone is 2. The molecule has 1 aliphatic carbocycles. The number of aromatic amines is 1. The lowest BCUT2D eigenvalue weighted by atomic mass is 9.79. The lowest BCUT2D eigenvalue weighted by Crippen LogP contribution is -2.34. The van der Waals surface area contributed by atoms with E-state index in [4.69, 9.17) is 10.2 Å². The largest absolute Gasteiger partial charge is 0.481 e. The van der Waals surface area contributed by atoms with Crippen LogP contribution in [0, 0.1) is 6.92 Å². The number of H-pyrrole nitrogens is 1. The van der Waals surface area contributed by atoms with Gasteiger partial charge in [-0.3, -0.25) is 14.4 Å². The number of nitrogens with zero attached hydrogens (tertiary/aromatic N) is 2. The van der Waals surface area contributed by atoms with E-state index in [0.717, 1.165) is 39.6 Å². The first-order chi connectivity index (χ1) is 17.8. The van der Waals surface area contributed by atoms with Crippen molar-refractivity contribution in [1.29, 1.82) is 0 Å². The number of carbonyl (C=O) groups excluding carboxylic acids is 1. The van der Waals surface area contributed by atoms with Crippen molar-refractivity contribution in [2.45, 2.75) is 44.5 Å². The lowest BCUT2D eigenvalue weighted by molar-refractivity contribution is -0.141. The fraction of sp³-hybridized carbons (Fsp3) is 0.241. The molecule has 2 aliphatic rings. The normalized spacial score (nSPS) is 19.1. The topological polar surface area (TPSA) is 103 Å². The molecule has 8 heteroatoms. The van der Waals surface area contributed by atoms with E-state index in [0.29, 0.717) is 23.5 Å². The quantitative estimate of drug-likeness (QED) is 0.507. The average molecular weight is 493 g/mol. The molecule has 7 nitrogen and oxygen atoms in total. The SMILES string of the molecule is BC1C=CC(C2CC(c3c(-c4ccccc4)c4cc(C)ccc4[nH]c3=O)=NN2C(=O)CCC(=O)O)=CC1. The van der Waals surface area contributed by atoms with Crippen LogP contribution >= 0.6 is 0 Å². The molecule has 1 aliphatic heterocycles. The molecule has 5 rings (SSSR count). The summed E-state index contributed by atoms with van der Waals surface area (Å²) in [6.07, 6.45) is 7.01. The number of hydrazone groups is 1. The Balaban J connectivity index is 1.67. The van der Waals surface area contributed by atoms with Crippen LogP contribution in [0.4, 0.5) is 0 Å². The van der Waals surface area contributed by atoms with Gasteiger partial charge in [0.2, 0.25) is 5.91 Å². The number of carbonyl (C=O) groups is 2. The standard InChI is InChI=1S/C29H28BN3O4/c1-17-7-12-22-21(15-17)27(19-5-3-2-4-6-19)28(29(37)31-22)23-16-24(18-8-10-20(30)11-9-18)33(32-23)25(34)13-14-26(35)36/h2-10,12,15,20,24H,11,13-14,16,30H2,1H3,(H,31,37)(H,35,36). The van der Waals surface area contributed by atoms with Crippen LogP contribution in [0.25, 0.3) is 22.0 Å². The molecule has 37 heavy (non-hydrogen) atoms. The van der Waals surface area contributed by atoms with Gasteiger partial charge in [-0.05, 0) is 42.4 Å². The van der Waals surface area contributed by atoms with E-state index < -0.39 is 12.0 Å². The molecule has 186 valence electrons. The maximum absolute atomic E-state index is 13.6. The van der Waals surface area contributed by atoms with Gasteiger partial charge >= 0.3 is 5.97 Å². The third-order valence-electron chi connectivity index (χ3n) is 6.97. The van der Waals surface area contributed by atoms with E-state index >= 15 is 0 Å². The molecular weight excluding hydrogens is 465 g/mol. The third-order valence-corrected chi connectivity index (χ3v) is 6.97. The summed E-state index contributed by atoms with van der Waals surface area (Å²) in [5.74, 6) is -1.01. The van der Waals surface area contributed by atoms with E-state index in [1.807, 2.05) is 61.5 Å². The summed E-state index contributed by atoms with van der Waals surface area (Å²) in [6, 6.07) is 15.3. The number of aliphatic carboxylic acids is 1. The van der Waals surface area contributed by atoms with Crippen LogP contribution in [0.3, 0.4) is 0 Å². The summed E-state index contributed by atoms with van der Waals surface area (Å²) < 4.78 is 0. The summed E-state index contributed by atoms with van der Waals surface area (Å²) in [5.41, 5.74) is 5.11. The Morgan fingerprint density at radius 1 is 1.14 bits per heavy atom. The smallest absolute Gasteiger partial charge is 0.303 e. The molecule has 2 N–H and O–H groups in total. The van der Waals surface area contributed by atoms with Crippen molar-refractivity contribution in [3.63, 3.8) is 0 Å². The van der Waals surface area contributed by atoms with E-state index in [9.17, 15) is 14.4 Å². The molecule has 2 aromatic carbocycles. The van der Waals surface area contributed by atoms with Crippen LogP contribution in [-0.4, -0.2) is 46.6 Å². The van der Waals surface area contributed by atoms with Crippen LogP contribution in [0.1, 0.15) is 36.8 Å². The van der Waals surface area contributed by atoms with Gasteiger partial charge in [0, 0.05) is 29.3 Å². The number of hydrogen-bond acceptors (Lipinski definition) is 4. The molecule has 0 fully saturated rings. The maximum Gasteiger partial charge on any atom is 0.303 e. The zero-order valence-corrected chi connectivity index (χ0v) is 20.9. The monoisotopic (exact) mass is 493 g/mol. The minimum absolute atomic E-state index is 0.158. The van der Waals surface area contributed by atoms with E-state index in [-0.39, 0.29) is 24.3 Å². The number of fused-ring (bicyclic) bond motifs is 1. The molecule has 0 saturated carbocycles. The zero-order valence-electron chi connectivity index (χ0n) is 20.9. The second kappa shape index (κ2) is 10.0. The Morgan fingerprint density at radius 3 is 2.62 bits per heavy atom. The van der Waals surface area contributed by atoms with Gasteiger partial charge in [-0.25, -0.2) is 5.01 Å². The highest BCUT2D eigenvalue weighted by atomic mass is 16.4. The minimum atomic E-state index is -1.04. The molecule has 2 unspecified atom stereocenters. The summed E-state index contributed by atoms with van der Waals surface area (Å²) in [4.78, 5) is 40.9. The third kappa shape index (κ3) is 4.92. The van der Waals surface area contributed by atoms with E-state index in [1.165, 1.54) is 5.01 Å². The molecule has 1 amide bonds. The van der Waals surface area contributed by atoms with Gasteiger partial charge in [0.05, 0.1) is 23.7 Å². The predicted molar refractivity (Wildman–Crippen MR) is 148 cm³/mol. The van der Waals surface area contributed by atoms with Gasteiger partial charge in [0.1, 0.15) is 7.85 Å². The molecule has 0 bridgehead atoms. The molecule has 3 aromatic rings. The first-order valence-corrected chi connectivity index (χ1v) is 12.5. The van der Waals surface area contributed by atoms with Gasteiger partial charge in [-0.2, -0.15) is 5.10 Å². The van der Waals surface area contributed by atoms with Gasteiger partial charge in [-0.1, -0.05) is 60.2 Å². The Morgan fingerprint density at radius 2 is 1.92 bits per heavy atom. The maximum atomic E-state index is 13.6. The minimum Gasteiger partial charge on any atom is -0.481 e. The van der Waals surface area contributed by atoms with E-state index in [1.54, 1.807) is 0 Å². The van der Waals surface area contributed by atoms with Gasteiger partial charge < -0.3 is 10.1 Å². The summed E-state index contributed by atoms with van der Waals surface area (Å²) in [7, 11) is 2.12. The van der Waals surface area contributed by atoms with Crippen LogP contribution in [0.2, 0.25) is 5.82 Å². The summed E-state index contributed by atoms with van der Waals surface area (Å²) >= 11 is 0. The van der Waals surface area contributed by atoms with Crippen LogP contribution in [-0.2, 0) is 9.59 Å². The molecule has 0 radical (unpaired) electrons. The second-order valence-electron chi connectivity index (χ2n) is 9.79. The highest BCUT2D eigenvalue weighted by Gasteiger charge is 2.36. The molecule has 1 aromatic heterocycles. The van der Waals surface area contributed by atoms with Crippen molar-refractivity contribution in [2.24, 2.45) is 5.10 Å². The van der Waals surface area contributed by atoms with E-state index in [2.05, 4.69) is 25.0 Å². The first-order valence-electron chi connectivity index (χ1n) is 12.5. The van der Waals surface area contributed by atoms with Gasteiger partial charge in [-0.15, -0.1) is 0 Å². The number of carboxylic acids is 1. The Kier molecular flexibility index (Phi) is 6.65. The molecule has 0 spiro atoms. The number of nitrogens with one attached hydrogen (secondary N) is 1. The number of aryl methyl sites for hydroxylation is 1. The van der Waals surface area contributed by atoms with Crippen molar-refractivity contribution in [2.75, 3.05) is 0 Å². The highest BCUT2D eigenvalue weighted by Crippen LogP contribution is 2.35.